The van der Waals surface area contributed by atoms with Crippen LogP contribution in [-0.4, -0.2) is 39.9 Å². The molecule has 0 aliphatic carbocycles. The van der Waals surface area contributed by atoms with Gasteiger partial charge in [-0.3, -0.25) is 4.79 Å². The first-order chi connectivity index (χ1) is 9.77. The molecule has 5 nitrogen and oxygen atoms in total. The van der Waals surface area contributed by atoms with Gasteiger partial charge >= 0.3 is 6.18 Å². The van der Waals surface area contributed by atoms with Crippen LogP contribution in [0.25, 0.3) is 0 Å². The molecular formula is C13H21Cl2F3N4O. The molecule has 0 spiro atoms. The molecule has 1 aromatic heterocycles. The Morgan fingerprint density at radius 3 is 2.43 bits per heavy atom. The maximum absolute atomic E-state index is 12.5. The molecule has 1 atom stereocenters. The number of nitrogens with one attached hydrogen (secondary N) is 1. The summed E-state index contributed by atoms with van der Waals surface area (Å²) in [5, 5.41) is 0. The van der Waals surface area contributed by atoms with E-state index in [4.69, 9.17) is 5.73 Å². The van der Waals surface area contributed by atoms with Crippen molar-refractivity contribution in [1.82, 2.24) is 14.9 Å². The van der Waals surface area contributed by atoms with Gasteiger partial charge in [-0.05, 0) is 19.8 Å². The molecule has 1 saturated heterocycles. The zero-order chi connectivity index (χ0) is 15.6. The molecule has 1 amide bonds. The Hall–Kier alpha value is -0.990. The second-order valence-electron chi connectivity index (χ2n) is 5.52. The summed E-state index contributed by atoms with van der Waals surface area (Å²) in [4.78, 5) is 19.7. The van der Waals surface area contributed by atoms with Crippen LogP contribution in [0.4, 0.5) is 13.2 Å². The SMILES string of the molecule is CC(N)CC(=O)N1CCC(c2ncc(C(F)(F)F)[nH]2)CC1.Cl.Cl. The summed E-state index contributed by atoms with van der Waals surface area (Å²) in [5.74, 6) is 0.279. The Bertz CT molecular complexity index is 500. The van der Waals surface area contributed by atoms with Gasteiger partial charge in [-0.2, -0.15) is 13.2 Å². The van der Waals surface area contributed by atoms with Gasteiger partial charge in [0.15, 0.2) is 0 Å². The highest BCUT2D eigenvalue weighted by Crippen LogP contribution is 2.31. The van der Waals surface area contributed by atoms with Crippen LogP contribution in [0.2, 0.25) is 0 Å². The Labute approximate surface area is 145 Å². The lowest BCUT2D eigenvalue weighted by atomic mass is 9.96. The standard InChI is InChI=1S/C13H19F3N4O.2ClH/c1-8(17)6-11(21)20-4-2-9(3-5-20)12-18-7-10(19-12)13(14,15)16;;/h7-9H,2-6,17H2,1H3,(H,18,19);2*1H. The van der Waals surface area contributed by atoms with Crippen molar-refractivity contribution in [1.29, 1.82) is 0 Å². The van der Waals surface area contributed by atoms with Gasteiger partial charge in [0.25, 0.3) is 0 Å². The molecule has 0 bridgehead atoms. The van der Waals surface area contributed by atoms with Crippen LogP contribution in [0.15, 0.2) is 6.20 Å². The third-order valence-corrected chi connectivity index (χ3v) is 3.63. The number of hydrogen-bond donors (Lipinski definition) is 2. The molecule has 0 radical (unpaired) electrons. The van der Waals surface area contributed by atoms with E-state index in [1.807, 2.05) is 0 Å². The van der Waals surface area contributed by atoms with Crippen molar-refractivity contribution in [3.8, 4) is 0 Å². The number of nitrogens with zero attached hydrogens (tertiary/aromatic N) is 2. The summed E-state index contributed by atoms with van der Waals surface area (Å²) in [7, 11) is 0. The molecule has 0 aromatic carbocycles. The van der Waals surface area contributed by atoms with Crippen molar-refractivity contribution < 1.29 is 18.0 Å². The monoisotopic (exact) mass is 376 g/mol. The van der Waals surface area contributed by atoms with Gasteiger partial charge in [-0.25, -0.2) is 4.98 Å². The van der Waals surface area contributed by atoms with Gasteiger partial charge < -0.3 is 15.6 Å². The quantitative estimate of drug-likeness (QED) is 0.851. The summed E-state index contributed by atoms with van der Waals surface area (Å²) in [6.07, 6.45) is -2.07. The molecule has 1 aliphatic rings. The van der Waals surface area contributed by atoms with Crippen LogP contribution in [0.5, 0.6) is 0 Å². The number of imidazole rings is 1. The number of hydrogen-bond acceptors (Lipinski definition) is 3. The maximum atomic E-state index is 12.5. The summed E-state index contributed by atoms with van der Waals surface area (Å²) in [5.41, 5.74) is 4.77. The average molecular weight is 377 g/mol. The van der Waals surface area contributed by atoms with Gasteiger partial charge in [0.1, 0.15) is 11.5 Å². The van der Waals surface area contributed by atoms with Crippen molar-refractivity contribution in [3.63, 3.8) is 0 Å². The first-order valence-electron chi connectivity index (χ1n) is 6.93. The Morgan fingerprint density at radius 1 is 1.43 bits per heavy atom. The van der Waals surface area contributed by atoms with Crippen LogP contribution in [0.3, 0.4) is 0 Å². The lowest BCUT2D eigenvalue weighted by molar-refractivity contribution is -0.141. The third-order valence-electron chi connectivity index (χ3n) is 3.63. The van der Waals surface area contributed by atoms with Crippen LogP contribution in [0.1, 0.15) is 43.6 Å². The molecule has 2 heterocycles. The van der Waals surface area contributed by atoms with E-state index >= 15 is 0 Å². The van der Waals surface area contributed by atoms with Crippen LogP contribution in [-0.2, 0) is 11.0 Å². The number of amides is 1. The molecule has 2 rings (SSSR count). The first-order valence-corrected chi connectivity index (χ1v) is 6.93. The number of piperidine rings is 1. The normalized spacial score (nSPS) is 17.2. The van der Waals surface area contributed by atoms with Crippen molar-refractivity contribution in [2.24, 2.45) is 5.73 Å². The van der Waals surface area contributed by atoms with Gasteiger partial charge in [0, 0.05) is 31.5 Å². The smallest absolute Gasteiger partial charge is 0.343 e. The second-order valence-corrected chi connectivity index (χ2v) is 5.52. The summed E-state index contributed by atoms with van der Waals surface area (Å²) in [6, 6.07) is -0.186. The van der Waals surface area contributed by atoms with E-state index in [1.165, 1.54) is 0 Å². The van der Waals surface area contributed by atoms with E-state index in [9.17, 15) is 18.0 Å². The number of carbonyl (C=O) groups excluding carboxylic acids is 1. The fourth-order valence-corrected chi connectivity index (χ4v) is 2.50. The number of nitrogens with two attached hydrogens (primary N) is 1. The second kappa shape index (κ2) is 8.75. The van der Waals surface area contributed by atoms with E-state index in [0.717, 1.165) is 6.20 Å². The number of H-pyrrole nitrogens is 1. The van der Waals surface area contributed by atoms with Gasteiger partial charge in [-0.15, -0.1) is 24.8 Å². The Balaban J connectivity index is 0.00000242. The third kappa shape index (κ3) is 5.86. The number of aromatic nitrogens is 2. The number of rotatable bonds is 3. The zero-order valence-corrected chi connectivity index (χ0v) is 14.2. The maximum Gasteiger partial charge on any atom is 0.432 e. The van der Waals surface area contributed by atoms with Gasteiger partial charge in [0.2, 0.25) is 5.91 Å². The lowest BCUT2D eigenvalue weighted by Gasteiger charge is -2.31. The molecule has 1 unspecified atom stereocenters. The number of aromatic amines is 1. The summed E-state index contributed by atoms with van der Waals surface area (Å²) in [6.45, 7) is 2.82. The number of carbonyl (C=O) groups is 1. The van der Waals surface area contributed by atoms with Crippen molar-refractivity contribution in [3.05, 3.63) is 17.7 Å². The largest absolute Gasteiger partial charge is 0.432 e. The molecule has 1 aliphatic heterocycles. The summed E-state index contributed by atoms with van der Waals surface area (Å²) >= 11 is 0. The lowest BCUT2D eigenvalue weighted by Crippen LogP contribution is -2.40. The Kier molecular flexibility index (Phi) is 8.37. The molecule has 10 heteroatoms. The molecule has 1 aromatic rings. The van der Waals surface area contributed by atoms with Crippen LogP contribution in [0, 0.1) is 0 Å². The van der Waals surface area contributed by atoms with Crippen LogP contribution < -0.4 is 5.73 Å². The van der Waals surface area contributed by atoms with Gasteiger partial charge in [-0.1, -0.05) is 0 Å². The van der Waals surface area contributed by atoms with Crippen molar-refractivity contribution >= 4 is 30.7 Å². The van der Waals surface area contributed by atoms with Crippen molar-refractivity contribution in [2.45, 2.75) is 44.3 Å². The van der Waals surface area contributed by atoms with E-state index in [1.54, 1.807) is 11.8 Å². The van der Waals surface area contributed by atoms with E-state index < -0.39 is 11.9 Å². The zero-order valence-electron chi connectivity index (χ0n) is 12.6. The molecule has 134 valence electrons. The molecular weight excluding hydrogens is 356 g/mol. The fourth-order valence-electron chi connectivity index (χ4n) is 2.50. The van der Waals surface area contributed by atoms with Gasteiger partial charge in [0.05, 0.1) is 6.20 Å². The molecule has 1 fully saturated rings. The molecule has 0 saturated carbocycles. The molecule has 23 heavy (non-hydrogen) atoms. The fraction of sp³-hybridized carbons (Fsp3) is 0.692. The number of halogens is 5. The van der Waals surface area contributed by atoms with E-state index in [0.29, 0.717) is 38.2 Å². The molecule has 3 N–H and O–H groups in total. The number of alkyl halides is 3. The van der Waals surface area contributed by atoms with Crippen molar-refractivity contribution in [2.75, 3.05) is 13.1 Å². The van der Waals surface area contributed by atoms with E-state index in [-0.39, 0.29) is 42.7 Å². The predicted octanol–water partition coefficient (Wildman–Crippen LogP) is 2.72. The minimum atomic E-state index is -4.40. The summed E-state index contributed by atoms with van der Waals surface area (Å²) < 4.78 is 37.6. The minimum Gasteiger partial charge on any atom is -0.343 e. The average Bonchev–Trinajstić information content (AvgIpc) is 2.87. The highest BCUT2D eigenvalue weighted by Gasteiger charge is 2.34. The first kappa shape index (κ1) is 22.0. The predicted molar refractivity (Wildman–Crippen MR) is 84.9 cm³/mol. The number of likely N-dealkylation sites (tertiary alicyclic amines) is 1. The topological polar surface area (TPSA) is 75.0 Å². The highest BCUT2D eigenvalue weighted by atomic mass is 35.5. The van der Waals surface area contributed by atoms with Crippen LogP contribution >= 0.6 is 24.8 Å². The minimum absolute atomic E-state index is 0. The van der Waals surface area contributed by atoms with E-state index in [2.05, 4.69) is 9.97 Å². The Morgan fingerprint density at radius 2 is 2.00 bits per heavy atom. The highest BCUT2D eigenvalue weighted by molar-refractivity contribution is 5.85.